The number of carbonyl (C=O) groups is 1. The predicted molar refractivity (Wildman–Crippen MR) is 118 cm³/mol. The quantitative estimate of drug-likeness (QED) is 0.585. The van der Waals surface area contributed by atoms with Crippen LogP contribution in [0.3, 0.4) is 0 Å². The molecular formula is C23H26FN3O2S. The minimum Gasteiger partial charge on any atom is -0.496 e. The number of para-hydroxylation sites is 1. The summed E-state index contributed by atoms with van der Waals surface area (Å²) in [5.41, 5.74) is 2.68. The number of hydrogen-bond donors (Lipinski definition) is 1. The molecule has 1 amide bonds. The fraction of sp³-hybridized carbons (Fsp3) is 0.304. The lowest BCUT2D eigenvalue weighted by Gasteiger charge is -2.26. The van der Waals surface area contributed by atoms with E-state index in [4.69, 9.17) is 4.74 Å². The number of rotatable bonds is 8. The van der Waals surface area contributed by atoms with Crippen LogP contribution in [-0.4, -0.2) is 43.5 Å². The Labute approximate surface area is 180 Å². The molecule has 1 N–H and O–H groups in total. The van der Waals surface area contributed by atoms with Crippen molar-refractivity contribution in [2.45, 2.75) is 19.4 Å². The van der Waals surface area contributed by atoms with Gasteiger partial charge in [-0.15, -0.1) is 11.3 Å². The first-order chi connectivity index (χ1) is 14.4. The van der Waals surface area contributed by atoms with Crippen LogP contribution in [0.5, 0.6) is 5.75 Å². The van der Waals surface area contributed by atoms with E-state index < -0.39 is 0 Å². The highest BCUT2D eigenvalue weighted by Crippen LogP contribution is 2.28. The fourth-order valence-electron chi connectivity index (χ4n) is 3.30. The zero-order valence-electron chi connectivity index (χ0n) is 17.6. The summed E-state index contributed by atoms with van der Waals surface area (Å²) in [5.74, 6) is 0.387. The lowest BCUT2D eigenvalue weighted by molar-refractivity contribution is 0.0944. The van der Waals surface area contributed by atoms with E-state index in [1.807, 2.05) is 45.3 Å². The van der Waals surface area contributed by atoms with Crippen LogP contribution in [0.2, 0.25) is 0 Å². The van der Waals surface area contributed by atoms with Gasteiger partial charge in [0.05, 0.1) is 23.9 Å². The van der Waals surface area contributed by atoms with E-state index in [0.29, 0.717) is 23.5 Å². The Balaban J connectivity index is 1.70. The van der Waals surface area contributed by atoms with Gasteiger partial charge < -0.3 is 15.0 Å². The van der Waals surface area contributed by atoms with Gasteiger partial charge >= 0.3 is 0 Å². The average molecular weight is 428 g/mol. The molecule has 3 rings (SSSR count). The van der Waals surface area contributed by atoms with Crippen molar-refractivity contribution in [2.75, 3.05) is 27.7 Å². The summed E-state index contributed by atoms with van der Waals surface area (Å²) in [6, 6.07) is 14.1. The first kappa shape index (κ1) is 21.9. The van der Waals surface area contributed by atoms with Crippen LogP contribution < -0.4 is 10.1 Å². The second-order valence-electron chi connectivity index (χ2n) is 7.26. The molecule has 0 saturated carbocycles. The minimum absolute atomic E-state index is 0.0305. The van der Waals surface area contributed by atoms with Gasteiger partial charge in [-0.3, -0.25) is 4.79 Å². The van der Waals surface area contributed by atoms with E-state index in [1.54, 1.807) is 19.2 Å². The number of nitrogens with one attached hydrogen (secondary N) is 1. The number of nitrogens with zero attached hydrogens (tertiary/aromatic N) is 2. The van der Waals surface area contributed by atoms with Gasteiger partial charge in [-0.2, -0.15) is 0 Å². The summed E-state index contributed by atoms with van der Waals surface area (Å²) < 4.78 is 18.6. The summed E-state index contributed by atoms with van der Waals surface area (Å²) in [5, 5.41) is 3.87. The van der Waals surface area contributed by atoms with Gasteiger partial charge in [0, 0.05) is 18.5 Å². The number of carbonyl (C=O) groups excluding carboxylic acids is 1. The number of thiazole rings is 1. The van der Waals surface area contributed by atoms with E-state index in [1.165, 1.54) is 23.5 Å². The molecule has 7 heteroatoms. The van der Waals surface area contributed by atoms with E-state index in [0.717, 1.165) is 21.9 Å². The zero-order chi connectivity index (χ0) is 21.7. The zero-order valence-corrected chi connectivity index (χ0v) is 18.4. The average Bonchev–Trinajstić information content (AvgIpc) is 3.10. The number of hydrogen-bond acceptors (Lipinski definition) is 5. The lowest BCUT2D eigenvalue weighted by Crippen LogP contribution is -2.34. The molecule has 1 atom stereocenters. The predicted octanol–water partition coefficient (Wildman–Crippen LogP) is 4.22. The van der Waals surface area contributed by atoms with E-state index >= 15 is 0 Å². The van der Waals surface area contributed by atoms with Crippen molar-refractivity contribution >= 4 is 17.2 Å². The second-order valence-corrected chi connectivity index (χ2v) is 8.34. The molecule has 0 radical (unpaired) electrons. The molecule has 1 heterocycles. The fourth-order valence-corrected chi connectivity index (χ4v) is 4.31. The van der Waals surface area contributed by atoms with Gasteiger partial charge in [0.25, 0.3) is 5.91 Å². The summed E-state index contributed by atoms with van der Waals surface area (Å²) in [6.45, 7) is 2.28. The Bertz CT molecular complexity index is 1000. The van der Waals surface area contributed by atoms with Crippen molar-refractivity contribution in [3.8, 4) is 5.75 Å². The molecule has 0 aliphatic heterocycles. The van der Waals surface area contributed by atoms with Gasteiger partial charge in [0.15, 0.2) is 0 Å². The molecule has 1 aromatic heterocycles. The van der Waals surface area contributed by atoms with Gasteiger partial charge in [-0.1, -0.05) is 30.3 Å². The molecule has 0 spiro atoms. The molecular weight excluding hydrogens is 401 g/mol. The van der Waals surface area contributed by atoms with E-state index in [-0.39, 0.29) is 17.8 Å². The van der Waals surface area contributed by atoms with Crippen LogP contribution in [0, 0.1) is 12.7 Å². The van der Waals surface area contributed by atoms with Crippen molar-refractivity contribution in [1.82, 2.24) is 15.2 Å². The first-order valence-electron chi connectivity index (χ1n) is 9.67. The number of halogens is 1. The van der Waals surface area contributed by atoms with Crippen LogP contribution in [0.1, 0.15) is 37.5 Å². The van der Waals surface area contributed by atoms with Crippen LogP contribution in [0.4, 0.5) is 4.39 Å². The normalized spacial score (nSPS) is 12.1. The SMILES string of the molecule is COc1ccccc1C(CNC(=O)c1sc(Cc2ccc(F)cc2)nc1C)N(C)C. The van der Waals surface area contributed by atoms with Crippen LogP contribution >= 0.6 is 11.3 Å². The van der Waals surface area contributed by atoms with Crippen LogP contribution in [0.15, 0.2) is 48.5 Å². The number of aromatic nitrogens is 1. The highest BCUT2D eigenvalue weighted by atomic mass is 32.1. The summed E-state index contributed by atoms with van der Waals surface area (Å²) >= 11 is 1.37. The molecule has 1 unspecified atom stereocenters. The number of methoxy groups -OCH3 is 1. The Morgan fingerprint density at radius 1 is 1.20 bits per heavy atom. The Hall–Kier alpha value is -2.77. The molecule has 2 aromatic carbocycles. The van der Waals surface area contributed by atoms with Crippen LogP contribution in [-0.2, 0) is 6.42 Å². The third-order valence-corrected chi connectivity index (χ3v) is 6.05. The Morgan fingerprint density at radius 3 is 2.57 bits per heavy atom. The molecule has 158 valence electrons. The van der Waals surface area contributed by atoms with Gasteiger partial charge in [0.1, 0.15) is 16.4 Å². The van der Waals surface area contributed by atoms with Crippen molar-refractivity contribution in [3.05, 3.63) is 81.1 Å². The van der Waals surface area contributed by atoms with Gasteiger partial charge in [-0.25, -0.2) is 9.37 Å². The molecule has 0 fully saturated rings. The molecule has 5 nitrogen and oxygen atoms in total. The standard InChI is InChI=1S/C23H26FN3O2S/c1-15-22(30-21(26-15)13-16-9-11-17(24)12-10-16)23(28)25-14-19(27(2)3)18-7-5-6-8-20(18)29-4/h5-12,19H,13-14H2,1-4H3,(H,25,28). The minimum atomic E-state index is -0.264. The molecule has 30 heavy (non-hydrogen) atoms. The number of likely N-dealkylation sites (N-methyl/N-ethyl adjacent to an activating group) is 1. The largest absolute Gasteiger partial charge is 0.496 e. The highest BCUT2D eigenvalue weighted by Gasteiger charge is 2.21. The molecule has 0 saturated heterocycles. The highest BCUT2D eigenvalue weighted by molar-refractivity contribution is 7.13. The summed E-state index contributed by atoms with van der Waals surface area (Å²) in [7, 11) is 5.59. The molecule has 0 aliphatic carbocycles. The van der Waals surface area contributed by atoms with Crippen molar-refractivity contribution in [3.63, 3.8) is 0 Å². The maximum atomic E-state index is 13.1. The van der Waals surface area contributed by atoms with Gasteiger partial charge in [-0.05, 0) is 44.8 Å². The second kappa shape index (κ2) is 9.82. The maximum Gasteiger partial charge on any atom is 0.263 e. The number of amides is 1. The molecule has 0 bridgehead atoms. The van der Waals surface area contributed by atoms with Crippen molar-refractivity contribution in [1.29, 1.82) is 0 Å². The number of ether oxygens (including phenoxy) is 1. The smallest absolute Gasteiger partial charge is 0.263 e. The van der Waals surface area contributed by atoms with Crippen molar-refractivity contribution < 1.29 is 13.9 Å². The third-order valence-electron chi connectivity index (χ3n) is 4.89. The topological polar surface area (TPSA) is 54.5 Å². The molecule has 0 aliphatic rings. The summed E-state index contributed by atoms with van der Waals surface area (Å²) in [6.07, 6.45) is 0.570. The maximum absolute atomic E-state index is 13.1. The van der Waals surface area contributed by atoms with Crippen molar-refractivity contribution in [2.24, 2.45) is 0 Å². The number of aryl methyl sites for hydroxylation is 1. The van der Waals surface area contributed by atoms with Crippen LogP contribution in [0.25, 0.3) is 0 Å². The number of benzene rings is 2. The lowest BCUT2D eigenvalue weighted by atomic mass is 10.0. The first-order valence-corrected chi connectivity index (χ1v) is 10.5. The van der Waals surface area contributed by atoms with E-state index in [9.17, 15) is 9.18 Å². The molecule has 3 aromatic rings. The Morgan fingerprint density at radius 2 is 1.90 bits per heavy atom. The monoisotopic (exact) mass is 427 g/mol. The summed E-state index contributed by atoms with van der Waals surface area (Å²) in [4.78, 5) is 20.0. The Kier molecular flexibility index (Phi) is 7.18. The third kappa shape index (κ3) is 5.23. The van der Waals surface area contributed by atoms with E-state index in [2.05, 4.69) is 15.2 Å². The van der Waals surface area contributed by atoms with Gasteiger partial charge in [0.2, 0.25) is 0 Å².